The Morgan fingerprint density at radius 3 is 2.77 bits per heavy atom. The molecule has 4 aliphatic rings. The molecular weight excluding hydrogens is 703 g/mol. The van der Waals surface area contributed by atoms with Gasteiger partial charge in [-0.05, 0) is 80.8 Å². The van der Waals surface area contributed by atoms with E-state index < -0.39 is 28.7 Å². The van der Waals surface area contributed by atoms with Crippen LogP contribution in [0.25, 0.3) is 11.0 Å². The van der Waals surface area contributed by atoms with Crippen LogP contribution in [-0.2, 0) is 33.6 Å². The van der Waals surface area contributed by atoms with Gasteiger partial charge in [0.15, 0.2) is 11.2 Å². The monoisotopic (exact) mass is 747 g/mol. The SMILES string of the molecule is C/C=C(\C)C(=O)O[C@]1(C)CC=C2CSSC[C@H]3CCN3C(=O)Cc3cnc(N)cc3[C@@H]2[C@]12Cc1cc3cc(C[C@H](CO)CCO)c(=O)oc3cc1O2. The van der Waals surface area contributed by atoms with Crippen molar-refractivity contribution in [1.82, 2.24) is 9.88 Å². The second-order valence-electron chi connectivity index (χ2n) is 14.6. The minimum atomic E-state index is -1.19. The lowest BCUT2D eigenvalue weighted by Gasteiger charge is -2.52. The number of nitrogens with zero attached hydrogens (tertiary/aromatic N) is 2. The van der Waals surface area contributed by atoms with Crippen molar-refractivity contribution in [1.29, 1.82) is 0 Å². The molecule has 11 nitrogen and oxygen atoms in total. The molecule has 0 radical (unpaired) electrons. The van der Waals surface area contributed by atoms with Crippen molar-refractivity contribution >= 4 is 50.3 Å². The molecule has 5 heterocycles. The maximum absolute atomic E-state index is 13.8. The van der Waals surface area contributed by atoms with Crippen molar-refractivity contribution in [2.75, 3.05) is 37.0 Å². The summed E-state index contributed by atoms with van der Waals surface area (Å²) in [6, 6.07) is 7.52. The molecule has 3 aromatic rings. The molecule has 52 heavy (non-hydrogen) atoms. The molecule has 0 bridgehead atoms. The first kappa shape index (κ1) is 36.6. The van der Waals surface area contributed by atoms with E-state index in [4.69, 9.17) is 19.6 Å². The molecule has 4 N–H and O–H groups in total. The van der Waals surface area contributed by atoms with Crippen LogP contribution in [0, 0.1) is 5.92 Å². The number of carbonyl (C=O) groups excluding carboxylic acids is 2. The van der Waals surface area contributed by atoms with Crippen molar-refractivity contribution in [2.45, 2.75) is 82.5 Å². The lowest BCUT2D eigenvalue weighted by molar-refractivity contribution is -0.183. The normalized spacial score (nSPS) is 26.5. The molecule has 3 aliphatic heterocycles. The number of ether oxygens (including phenoxy) is 2. The number of benzene rings is 1. The van der Waals surface area contributed by atoms with Crippen LogP contribution in [0.3, 0.4) is 0 Å². The Bertz CT molecular complexity index is 2030. The molecule has 1 aliphatic carbocycles. The minimum Gasteiger partial charge on any atom is -0.481 e. The molecule has 1 spiro atoms. The number of hydrogen-bond acceptors (Lipinski definition) is 12. The van der Waals surface area contributed by atoms with Gasteiger partial charge >= 0.3 is 11.6 Å². The zero-order valence-electron chi connectivity index (χ0n) is 29.7. The number of fused-ring (bicyclic) bond motifs is 7. The van der Waals surface area contributed by atoms with Gasteiger partial charge in [-0.25, -0.2) is 14.6 Å². The van der Waals surface area contributed by atoms with E-state index in [0.717, 1.165) is 41.0 Å². The standard InChI is InChI=1S/C39H45N3O8S2/c1-4-22(2)36(46)50-38(3)8-5-24-20-51-52-21-29-6-9-42(29)34(45)14-28-18-41-33(40)15-30(28)35(24)39(38)17-27-13-25-12-26(11-23(19-44)7-10-43)37(47)48-31(25)16-32(27)49-39/h4-5,12-13,15-16,18,23,29,35,43-44H,6-11,14,17,19-21H2,1-3H3,(H2,40,41)/b22-4+/t23-,29-,35-,38-,39-/m1/s1. The highest BCUT2D eigenvalue weighted by atomic mass is 33.1. The quantitative estimate of drug-likeness (QED) is 0.0987. The van der Waals surface area contributed by atoms with Crippen LogP contribution in [0.5, 0.6) is 5.75 Å². The highest BCUT2D eigenvalue weighted by Crippen LogP contribution is 2.58. The van der Waals surface area contributed by atoms with E-state index >= 15 is 0 Å². The first-order valence-electron chi connectivity index (χ1n) is 17.8. The van der Waals surface area contributed by atoms with Crippen LogP contribution in [0.1, 0.15) is 68.2 Å². The molecule has 2 aromatic heterocycles. The van der Waals surface area contributed by atoms with Gasteiger partial charge in [-0.15, -0.1) is 0 Å². The van der Waals surface area contributed by atoms with Crippen LogP contribution in [0.4, 0.5) is 5.82 Å². The summed E-state index contributed by atoms with van der Waals surface area (Å²) in [5, 5.41) is 20.0. The molecule has 1 fully saturated rings. The number of nitrogens with two attached hydrogens (primary N) is 1. The topological polar surface area (TPSA) is 165 Å². The van der Waals surface area contributed by atoms with Crippen LogP contribution in [0.2, 0.25) is 0 Å². The van der Waals surface area contributed by atoms with Gasteiger partial charge in [0.2, 0.25) is 5.91 Å². The number of hydrogen-bond donors (Lipinski definition) is 3. The highest BCUT2D eigenvalue weighted by molar-refractivity contribution is 8.76. The van der Waals surface area contributed by atoms with E-state index in [1.807, 2.05) is 24.0 Å². The average Bonchev–Trinajstić information content (AvgIpc) is 3.47. The Labute approximate surface area is 310 Å². The Kier molecular flexibility index (Phi) is 10.2. The summed E-state index contributed by atoms with van der Waals surface area (Å²) in [5.74, 6) is 1.16. The number of carbonyl (C=O) groups is 2. The molecule has 1 amide bonds. The second kappa shape index (κ2) is 14.6. The highest BCUT2D eigenvalue weighted by Gasteiger charge is 2.64. The summed E-state index contributed by atoms with van der Waals surface area (Å²) in [5.41, 5.74) is 8.25. The summed E-state index contributed by atoms with van der Waals surface area (Å²) in [6.07, 6.45) is 8.07. The minimum absolute atomic E-state index is 0.0404. The van der Waals surface area contributed by atoms with Crippen molar-refractivity contribution in [3.8, 4) is 5.75 Å². The first-order valence-corrected chi connectivity index (χ1v) is 20.3. The van der Waals surface area contributed by atoms with Crippen LogP contribution >= 0.6 is 21.6 Å². The number of nitrogen functional groups attached to an aromatic ring is 1. The molecule has 0 unspecified atom stereocenters. The zero-order valence-corrected chi connectivity index (χ0v) is 31.3. The summed E-state index contributed by atoms with van der Waals surface area (Å²) in [4.78, 5) is 46.9. The molecule has 13 heteroatoms. The number of rotatable bonds is 7. The first-order chi connectivity index (χ1) is 25.0. The van der Waals surface area contributed by atoms with E-state index in [-0.39, 0.29) is 43.9 Å². The molecular formula is C39H45N3O8S2. The van der Waals surface area contributed by atoms with Crippen LogP contribution in [0.15, 0.2) is 63.0 Å². The molecule has 1 saturated heterocycles. The number of allylic oxidation sites excluding steroid dienone is 1. The summed E-state index contributed by atoms with van der Waals surface area (Å²) in [7, 11) is 3.51. The third-order valence-corrected chi connectivity index (χ3v) is 13.7. The number of anilines is 1. The Hall–Kier alpha value is -3.78. The summed E-state index contributed by atoms with van der Waals surface area (Å²) >= 11 is 0. The zero-order chi connectivity index (χ0) is 36.8. The van der Waals surface area contributed by atoms with Crippen LogP contribution < -0.4 is 16.1 Å². The number of aromatic nitrogens is 1. The number of aliphatic hydroxyl groups is 2. The van der Waals surface area contributed by atoms with Crippen LogP contribution in [-0.4, -0.2) is 80.5 Å². The van der Waals surface area contributed by atoms with Gasteiger partial charge in [0.1, 0.15) is 17.2 Å². The van der Waals surface area contributed by atoms with Crippen molar-refractivity contribution in [2.24, 2.45) is 5.92 Å². The summed E-state index contributed by atoms with van der Waals surface area (Å²) < 4.78 is 19.5. The Morgan fingerprint density at radius 1 is 1.21 bits per heavy atom. The number of esters is 1. The molecule has 1 aromatic carbocycles. The fourth-order valence-electron chi connectivity index (χ4n) is 8.06. The fourth-order valence-corrected chi connectivity index (χ4v) is 10.6. The van der Waals surface area contributed by atoms with Gasteiger partial charge in [0.25, 0.3) is 0 Å². The van der Waals surface area contributed by atoms with Crippen molar-refractivity contribution in [3.63, 3.8) is 0 Å². The van der Waals surface area contributed by atoms with E-state index in [0.29, 0.717) is 58.7 Å². The predicted octanol–water partition coefficient (Wildman–Crippen LogP) is 4.90. The largest absolute Gasteiger partial charge is 0.481 e. The number of pyridine rings is 1. The molecule has 276 valence electrons. The predicted molar refractivity (Wildman–Crippen MR) is 202 cm³/mol. The Balaban J connectivity index is 1.39. The van der Waals surface area contributed by atoms with Gasteiger partial charge in [-0.1, -0.05) is 39.3 Å². The molecule has 5 atom stereocenters. The van der Waals surface area contributed by atoms with E-state index in [1.165, 1.54) is 0 Å². The maximum atomic E-state index is 13.8. The van der Waals surface area contributed by atoms with Gasteiger partial charge in [0, 0.05) is 78.9 Å². The third-order valence-electron chi connectivity index (χ3n) is 11.3. The van der Waals surface area contributed by atoms with Crippen molar-refractivity contribution < 1.29 is 33.7 Å². The lowest BCUT2D eigenvalue weighted by atomic mass is 9.61. The average molecular weight is 748 g/mol. The maximum Gasteiger partial charge on any atom is 0.339 e. The van der Waals surface area contributed by atoms with Crippen molar-refractivity contribution in [3.05, 3.63) is 86.4 Å². The van der Waals surface area contributed by atoms with Gasteiger partial charge in [-0.3, -0.25) is 4.79 Å². The molecule has 7 rings (SSSR count). The lowest BCUT2D eigenvalue weighted by Crippen LogP contribution is -2.63. The third kappa shape index (κ3) is 6.54. The smallest absolute Gasteiger partial charge is 0.339 e. The van der Waals surface area contributed by atoms with E-state index in [9.17, 15) is 24.6 Å². The molecule has 0 saturated carbocycles. The van der Waals surface area contributed by atoms with E-state index in [1.54, 1.807) is 59.8 Å². The van der Waals surface area contributed by atoms with Gasteiger partial charge < -0.3 is 34.7 Å². The second-order valence-corrected chi connectivity index (χ2v) is 17.1. The summed E-state index contributed by atoms with van der Waals surface area (Å²) in [6.45, 7) is 5.90. The fraction of sp³-hybridized carbons (Fsp3) is 0.487. The number of aliphatic hydroxyl groups excluding tert-OH is 2. The van der Waals surface area contributed by atoms with Gasteiger partial charge in [0.05, 0.1) is 12.3 Å². The number of amides is 1. The Morgan fingerprint density at radius 2 is 2.04 bits per heavy atom. The van der Waals surface area contributed by atoms with Gasteiger partial charge in [-0.2, -0.15) is 0 Å². The van der Waals surface area contributed by atoms with E-state index in [2.05, 4.69) is 11.1 Å².